The van der Waals surface area contributed by atoms with Gasteiger partial charge in [-0.15, -0.1) is 21.5 Å². The Labute approximate surface area is 265 Å². The Morgan fingerprint density at radius 2 is 1.78 bits per heavy atom. The molecule has 46 heavy (non-hydrogen) atoms. The molecular weight excluding hydrogens is 619 g/mol. The molecule has 1 atom stereocenters. The van der Waals surface area contributed by atoms with Crippen LogP contribution in [0, 0.1) is 24.4 Å². The number of morpholine rings is 1. The minimum atomic E-state index is -0.998. The van der Waals surface area contributed by atoms with Crippen LogP contribution in [0.2, 0.25) is 0 Å². The number of hydrogen-bond acceptors (Lipinski definition) is 8. The molecule has 2 aliphatic rings. The Morgan fingerprint density at radius 3 is 2.54 bits per heavy atom. The lowest BCUT2D eigenvalue weighted by molar-refractivity contribution is 0.00352. The topological polar surface area (TPSA) is 110 Å². The van der Waals surface area contributed by atoms with E-state index in [2.05, 4.69) is 15.5 Å². The molecule has 9 nitrogen and oxygen atoms in total. The number of fused-ring (bicyclic) bond motifs is 3. The number of pyridine rings is 1. The first kappa shape index (κ1) is 29.8. The molecule has 2 aliphatic heterocycles. The molecule has 0 spiro atoms. The number of halogens is 3. The van der Waals surface area contributed by atoms with Gasteiger partial charge in [0.05, 0.1) is 46.6 Å². The summed E-state index contributed by atoms with van der Waals surface area (Å²) < 4.78 is 52.3. The minimum Gasteiger partial charge on any atom is -0.421 e. The van der Waals surface area contributed by atoms with Gasteiger partial charge < -0.3 is 19.4 Å². The molecule has 2 amide bonds. The number of benzene rings is 2. The molecule has 5 aromatic rings. The van der Waals surface area contributed by atoms with Crippen LogP contribution in [0.4, 0.5) is 13.2 Å². The molecule has 234 valence electrons. The lowest BCUT2D eigenvalue weighted by atomic mass is 9.93. The van der Waals surface area contributed by atoms with Gasteiger partial charge in [-0.3, -0.25) is 14.6 Å². The maximum Gasteiger partial charge on any atom is 0.261 e. The summed E-state index contributed by atoms with van der Waals surface area (Å²) in [6.07, 6.45) is 0.934. The van der Waals surface area contributed by atoms with E-state index in [1.807, 2.05) is 0 Å². The zero-order valence-corrected chi connectivity index (χ0v) is 25.3. The number of rotatable bonds is 8. The van der Waals surface area contributed by atoms with E-state index >= 15 is 0 Å². The van der Waals surface area contributed by atoms with Gasteiger partial charge in [-0.2, -0.15) is 0 Å². The first-order valence-electron chi connectivity index (χ1n) is 14.6. The molecular formula is C33H26F3N5O4S. The molecule has 0 saturated carbocycles. The van der Waals surface area contributed by atoms with Crippen molar-refractivity contribution in [1.29, 1.82) is 0 Å². The van der Waals surface area contributed by atoms with Crippen molar-refractivity contribution >= 4 is 23.2 Å². The third-order valence-corrected chi connectivity index (χ3v) is 9.14. The highest BCUT2D eigenvalue weighted by molar-refractivity contribution is 7.17. The van der Waals surface area contributed by atoms with Crippen LogP contribution in [0.3, 0.4) is 0 Å². The number of carbonyl (C=O) groups excluding carboxylic acids is 2. The van der Waals surface area contributed by atoms with Gasteiger partial charge in [0.1, 0.15) is 5.82 Å². The summed E-state index contributed by atoms with van der Waals surface area (Å²) in [6, 6.07) is 12.7. The van der Waals surface area contributed by atoms with Crippen LogP contribution in [-0.2, 0) is 24.1 Å². The van der Waals surface area contributed by atoms with Gasteiger partial charge in [0, 0.05) is 30.5 Å². The Hall–Kier alpha value is -4.88. The number of hydrogen-bond donors (Lipinski definition) is 1. The van der Waals surface area contributed by atoms with Crippen LogP contribution in [0.15, 0.2) is 59.0 Å². The van der Waals surface area contributed by atoms with Crippen LogP contribution in [0.25, 0.3) is 21.9 Å². The Balaban J connectivity index is 1.31. The highest BCUT2D eigenvalue weighted by Crippen LogP contribution is 2.47. The fraction of sp³-hybridized carbons (Fsp3) is 0.242. The average molecular weight is 646 g/mol. The van der Waals surface area contributed by atoms with Crippen molar-refractivity contribution in [3.63, 3.8) is 0 Å². The lowest BCUT2D eigenvalue weighted by Crippen LogP contribution is -2.38. The number of thiophene rings is 1. The number of amides is 2. The standard InChI is InChI=1S/C33H26F3N5O4S/c1-17-39-40-32(45-17)27-23(9-5-18-2-6-20(34)7-3-18)38-30-24-16-44-13-12-41(24)33(43)29(30)28(27)25-10-11-26(46-25)31(42)37-15-19-4-8-21(35)22(36)14-19/h2-4,6-8,10-11,14,24H,5,9,12-13,15-16H2,1H3,(H,37,42). The summed E-state index contributed by atoms with van der Waals surface area (Å²) in [5.74, 6) is -2.41. The zero-order chi connectivity index (χ0) is 31.9. The van der Waals surface area contributed by atoms with E-state index in [0.717, 1.165) is 17.7 Å². The van der Waals surface area contributed by atoms with Crippen molar-refractivity contribution in [2.24, 2.45) is 0 Å². The summed E-state index contributed by atoms with van der Waals surface area (Å²) in [5.41, 5.74) is 3.90. The van der Waals surface area contributed by atoms with Gasteiger partial charge in [0.15, 0.2) is 11.6 Å². The van der Waals surface area contributed by atoms with Crippen LogP contribution < -0.4 is 5.32 Å². The second-order valence-electron chi connectivity index (χ2n) is 11.0. The number of aryl methyl sites for hydroxylation is 3. The van der Waals surface area contributed by atoms with Crippen molar-refractivity contribution in [2.45, 2.75) is 32.4 Å². The lowest BCUT2D eigenvalue weighted by Gasteiger charge is -2.29. The van der Waals surface area contributed by atoms with Gasteiger partial charge in [-0.05, 0) is 60.4 Å². The maximum absolute atomic E-state index is 14.0. The molecule has 1 fully saturated rings. The van der Waals surface area contributed by atoms with E-state index in [1.165, 1.54) is 29.5 Å². The van der Waals surface area contributed by atoms with Crippen molar-refractivity contribution in [3.8, 4) is 21.9 Å². The smallest absolute Gasteiger partial charge is 0.261 e. The van der Waals surface area contributed by atoms with Crippen molar-refractivity contribution in [1.82, 2.24) is 25.4 Å². The predicted molar refractivity (Wildman–Crippen MR) is 162 cm³/mol. The second-order valence-corrected chi connectivity index (χ2v) is 12.1. The summed E-state index contributed by atoms with van der Waals surface area (Å²) in [6.45, 7) is 2.76. The number of nitrogens with zero attached hydrogens (tertiary/aromatic N) is 4. The van der Waals surface area contributed by atoms with E-state index < -0.39 is 17.5 Å². The first-order valence-corrected chi connectivity index (χ1v) is 15.4. The predicted octanol–water partition coefficient (Wildman–Crippen LogP) is 5.83. The fourth-order valence-corrected chi connectivity index (χ4v) is 6.79. The van der Waals surface area contributed by atoms with Crippen molar-refractivity contribution in [2.75, 3.05) is 19.8 Å². The molecule has 0 aliphatic carbocycles. The van der Waals surface area contributed by atoms with Gasteiger partial charge >= 0.3 is 0 Å². The summed E-state index contributed by atoms with van der Waals surface area (Å²) >= 11 is 1.17. The summed E-state index contributed by atoms with van der Waals surface area (Å²) in [4.78, 5) is 34.9. The molecule has 13 heteroatoms. The van der Waals surface area contributed by atoms with Gasteiger partial charge in [-0.25, -0.2) is 13.2 Å². The molecule has 0 radical (unpaired) electrons. The highest BCUT2D eigenvalue weighted by atomic mass is 32.1. The van der Waals surface area contributed by atoms with Crippen LogP contribution in [0.1, 0.15) is 54.5 Å². The Kier molecular flexibility index (Phi) is 7.87. The number of aromatic nitrogens is 3. The van der Waals surface area contributed by atoms with Crippen LogP contribution in [-0.4, -0.2) is 51.7 Å². The summed E-state index contributed by atoms with van der Waals surface area (Å²) in [5, 5.41) is 11.1. The monoisotopic (exact) mass is 645 g/mol. The maximum atomic E-state index is 14.0. The quantitative estimate of drug-likeness (QED) is 0.226. The van der Waals surface area contributed by atoms with Gasteiger partial charge in [0.2, 0.25) is 11.8 Å². The molecule has 0 bridgehead atoms. The number of carbonyl (C=O) groups is 2. The molecule has 5 heterocycles. The van der Waals surface area contributed by atoms with E-state index in [-0.39, 0.29) is 30.2 Å². The minimum absolute atomic E-state index is 0.0108. The van der Waals surface area contributed by atoms with E-state index in [4.69, 9.17) is 14.1 Å². The average Bonchev–Trinajstić information content (AvgIpc) is 3.79. The third-order valence-electron chi connectivity index (χ3n) is 8.04. The molecule has 1 unspecified atom stereocenters. The highest BCUT2D eigenvalue weighted by Gasteiger charge is 2.44. The van der Waals surface area contributed by atoms with Crippen molar-refractivity contribution < 1.29 is 31.9 Å². The van der Waals surface area contributed by atoms with Crippen LogP contribution in [0.5, 0.6) is 0 Å². The molecule has 1 N–H and O–H groups in total. The Bertz CT molecular complexity index is 1980. The normalized spacial score (nSPS) is 15.6. The Morgan fingerprint density at radius 1 is 0.978 bits per heavy atom. The molecule has 2 aromatic carbocycles. The first-order chi connectivity index (χ1) is 22.3. The zero-order valence-electron chi connectivity index (χ0n) is 24.5. The second kappa shape index (κ2) is 12.1. The van der Waals surface area contributed by atoms with Gasteiger partial charge in [-0.1, -0.05) is 18.2 Å². The van der Waals surface area contributed by atoms with E-state index in [1.54, 1.807) is 36.1 Å². The van der Waals surface area contributed by atoms with E-state index in [9.17, 15) is 22.8 Å². The SMILES string of the molecule is Cc1nnc(-c2c(CCc3ccc(F)cc3)nc3c(c2-c2ccc(C(=O)NCc4ccc(F)c(F)c4)s2)C(=O)N2CCOCC32)o1. The third kappa shape index (κ3) is 5.56. The molecule has 3 aromatic heterocycles. The molecule has 1 saturated heterocycles. The largest absolute Gasteiger partial charge is 0.421 e. The van der Waals surface area contributed by atoms with Crippen molar-refractivity contribution in [3.05, 3.63) is 111 Å². The van der Waals surface area contributed by atoms with Gasteiger partial charge in [0.25, 0.3) is 11.8 Å². The van der Waals surface area contributed by atoms with Crippen LogP contribution >= 0.6 is 11.3 Å². The fourth-order valence-electron chi connectivity index (χ4n) is 5.81. The number of ether oxygens (including phenoxy) is 1. The summed E-state index contributed by atoms with van der Waals surface area (Å²) in [7, 11) is 0. The van der Waals surface area contributed by atoms with E-state index in [0.29, 0.717) is 81.9 Å². The molecule has 7 rings (SSSR count). The number of nitrogens with one attached hydrogen (secondary N) is 1.